The number of benzene rings is 1. The van der Waals surface area contributed by atoms with Gasteiger partial charge in [0.05, 0.1) is 24.8 Å². The van der Waals surface area contributed by atoms with Gasteiger partial charge in [0.2, 0.25) is 5.91 Å². The van der Waals surface area contributed by atoms with Crippen LogP contribution in [0, 0.1) is 11.3 Å². The number of carboxylic acids is 1. The maximum Gasteiger partial charge on any atom is 0.311 e. The Labute approximate surface area is 157 Å². The Morgan fingerprint density at radius 1 is 1.50 bits per heavy atom. The first-order valence-electron chi connectivity index (χ1n) is 8.62. The van der Waals surface area contributed by atoms with Gasteiger partial charge in [0, 0.05) is 43.6 Å². The van der Waals surface area contributed by atoms with Crippen LogP contribution in [0.3, 0.4) is 0 Å². The van der Waals surface area contributed by atoms with Gasteiger partial charge in [0.25, 0.3) is 0 Å². The molecular formula is C18H23ClN2O5. The molecule has 2 saturated heterocycles. The second kappa shape index (κ2) is 7.72. The van der Waals surface area contributed by atoms with Crippen molar-refractivity contribution in [2.45, 2.75) is 12.8 Å². The lowest BCUT2D eigenvalue weighted by atomic mass is 9.74. The monoisotopic (exact) mass is 382 g/mol. The molecule has 2 heterocycles. The molecule has 0 spiro atoms. The first kappa shape index (κ1) is 18.8. The Kier molecular flexibility index (Phi) is 5.58. The van der Waals surface area contributed by atoms with Crippen LogP contribution in [0.5, 0.6) is 5.75 Å². The second-order valence-electron chi connectivity index (χ2n) is 6.78. The zero-order chi connectivity index (χ0) is 18.7. The van der Waals surface area contributed by atoms with E-state index in [2.05, 4.69) is 5.32 Å². The van der Waals surface area contributed by atoms with E-state index in [1.165, 1.54) is 0 Å². The number of halogens is 1. The summed E-state index contributed by atoms with van der Waals surface area (Å²) in [6, 6.07) is 5.23. The van der Waals surface area contributed by atoms with Crippen molar-refractivity contribution in [1.29, 1.82) is 0 Å². The number of likely N-dealkylation sites (tertiary alicyclic amines) is 1. The summed E-state index contributed by atoms with van der Waals surface area (Å²) >= 11 is 6.00. The topological polar surface area (TPSA) is 88.1 Å². The molecule has 0 aromatic heterocycles. The quantitative estimate of drug-likeness (QED) is 0.783. The SMILES string of the molecule is COc1ccc(Cl)cc1NCCC(=O)N1C[C@H]2COCC[C@@]2(C(=O)O)C1. The molecule has 1 aromatic rings. The molecule has 2 aliphatic rings. The number of hydrogen-bond donors (Lipinski definition) is 2. The smallest absolute Gasteiger partial charge is 0.311 e. The molecule has 2 atom stereocenters. The first-order chi connectivity index (χ1) is 12.5. The Balaban J connectivity index is 1.58. The largest absolute Gasteiger partial charge is 0.495 e. The number of methoxy groups -OCH3 is 1. The van der Waals surface area contributed by atoms with Gasteiger partial charge in [0.15, 0.2) is 0 Å². The third-order valence-electron chi connectivity index (χ3n) is 5.30. The van der Waals surface area contributed by atoms with Crippen molar-refractivity contribution < 1.29 is 24.2 Å². The number of carboxylic acid groups (broad SMARTS) is 1. The van der Waals surface area contributed by atoms with Crippen molar-refractivity contribution in [2.24, 2.45) is 11.3 Å². The van der Waals surface area contributed by atoms with Gasteiger partial charge in [-0.3, -0.25) is 9.59 Å². The third kappa shape index (κ3) is 3.59. The molecule has 7 nitrogen and oxygen atoms in total. The Morgan fingerprint density at radius 3 is 3.00 bits per heavy atom. The molecule has 2 N–H and O–H groups in total. The van der Waals surface area contributed by atoms with Crippen LogP contribution >= 0.6 is 11.6 Å². The molecule has 2 fully saturated rings. The molecule has 3 rings (SSSR count). The van der Waals surface area contributed by atoms with Crippen LogP contribution in [-0.2, 0) is 14.3 Å². The number of fused-ring (bicyclic) bond motifs is 1. The first-order valence-corrected chi connectivity index (χ1v) is 9.00. The highest BCUT2D eigenvalue weighted by Gasteiger charge is 2.54. The standard InChI is InChI=1S/C18H23ClN2O5/c1-25-15-3-2-13(19)8-14(15)20-6-4-16(22)21-9-12-10-26-7-5-18(12,11-21)17(23)24/h2-3,8,12,20H,4-7,9-11H2,1H3,(H,23,24)/t12-,18+/m0/s1. The molecule has 1 amide bonds. The summed E-state index contributed by atoms with van der Waals surface area (Å²) in [5.41, 5.74) is -0.143. The number of rotatable bonds is 6. The van der Waals surface area contributed by atoms with E-state index >= 15 is 0 Å². The zero-order valence-corrected chi connectivity index (χ0v) is 15.4. The molecule has 142 valence electrons. The lowest BCUT2D eigenvalue weighted by Crippen LogP contribution is -2.45. The summed E-state index contributed by atoms with van der Waals surface area (Å²) in [6.07, 6.45) is 0.716. The molecule has 0 saturated carbocycles. The van der Waals surface area contributed by atoms with Crippen LogP contribution in [0.15, 0.2) is 18.2 Å². The highest BCUT2D eigenvalue weighted by atomic mass is 35.5. The van der Waals surface area contributed by atoms with E-state index in [0.29, 0.717) is 43.5 Å². The molecule has 1 aromatic carbocycles. The fraction of sp³-hybridized carbons (Fsp3) is 0.556. The van der Waals surface area contributed by atoms with Crippen LogP contribution in [0.2, 0.25) is 5.02 Å². The predicted molar refractivity (Wildman–Crippen MR) is 96.7 cm³/mol. The Hall–Kier alpha value is -1.99. The number of carbonyl (C=O) groups is 2. The van der Waals surface area contributed by atoms with Gasteiger partial charge in [-0.2, -0.15) is 0 Å². The summed E-state index contributed by atoms with van der Waals surface area (Å²) in [5.74, 6) is -0.383. The van der Waals surface area contributed by atoms with Crippen molar-refractivity contribution in [3.63, 3.8) is 0 Å². The van der Waals surface area contributed by atoms with E-state index in [1.807, 2.05) is 0 Å². The number of amides is 1. The minimum atomic E-state index is -0.864. The van der Waals surface area contributed by atoms with Gasteiger partial charge < -0.3 is 24.8 Å². The van der Waals surface area contributed by atoms with Crippen molar-refractivity contribution >= 4 is 29.2 Å². The minimum absolute atomic E-state index is 0.0616. The average Bonchev–Trinajstić information content (AvgIpc) is 3.03. The highest BCUT2D eigenvalue weighted by Crippen LogP contribution is 2.42. The third-order valence-corrected chi connectivity index (χ3v) is 5.54. The molecule has 0 aliphatic carbocycles. The number of hydrogen-bond acceptors (Lipinski definition) is 5. The highest BCUT2D eigenvalue weighted by molar-refractivity contribution is 6.30. The van der Waals surface area contributed by atoms with Crippen LogP contribution in [0.25, 0.3) is 0 Å². The Bertz CT molecular complexity index is 698. The van der Waals surface area contributed by atoms with Crippen LogP contribution in [0.1, 0.15) is 12.8 Å². The fourth-order valence-corrected chi connectivity index (χ4v) is 3.94. The van der Waals surface area contributed by atoms with E-state index in [0.717, 1.165) is 5.69 Å². The summed E-state index contributed by atoms with van der Waals surface area (Å²) in [7, 11) is 1.57. The number of nitrogens with one attached hydrogen (secondary N) is 1. The molecule has 8 heteroatoms. The molecule has 2 aliphatic heterocycles. The second-order valence-corrected chi connectivity index (χ2v) is 7.22. The van der Waals surface area contributed by atoms with Crippen LogP contribution < -0.4 is 10.1 Å². The summed E-state index contributed by atoms with van der Waals surface area (Å²) in [5, 5.41) is 13.4. The molecule has 0 unspecified atom stereocenters. The van der Waals surface area contributed by atoms with Gasteiger partial charge in [0.1, 0.15) is 5.75 Å². The average molecular weight is 383 g/mol. The van der Waals surface area contributed by atoms with Gasteiger partial charge in [-0.15, -0.1) is 0 Å². The van der Waals surface area contributed by atoms with E-state index in [9.17, 15) is 14.7 Å². The maximum absolute atomic E-state index is 12.6. The van der Waals surface area contributed by atoms with E-state index in [-0.39, 0.29) is 24.8 Å². The summed E-state index contributed by atoms with van der Waals surface area (Å²) < 4.78 is 10.7. The number of carbonyl (C=O) groups excluding carboxylic acids is 1. The molecule has 0 bridgehead atoms. The molecule has 26 heavy (non-hydrogen) atoms. The van der Waals surface area contributed by atoms with Gasteiger partial charge in [-0.25, -0.2) is 0 Å². The number of ether oxygens (including phenoxy) is 2. The van der Waals surface area contributed by atoms with Crippen LogP contribution in [0.4, 0.5) is 5.69 Å². The van der Waals surface area contributed by atoms with E-state index < -0.39 is 11.4 Å². The zero-order valence-electron chi connectivity index (χ0n) is 14.7. The lowest BCUT2D eigenvalue weighted by Gasteiger charge is -2.33. The van der Waals surface area contributed by atoms with E-state index in [4.69, 9.17) is 21.1 Å². The number of anilines is 1. The van der Waals surface area contributed by atoms with Crippen molar-refractivity contribution in [1.82, 2.24) is 4.90 Å². The molecule has 0 radical (unpaired) electrons. The fourth-order valence-electron chi connectivity index (χ4n) is 3.77. The van der Waals surface area contributed by atoms with Crippen LogP contribution in [-0.4, -0.2) is 61.8 Å². The number of nitrogens with zero attached hydrogens (tertiary/aromatic N) is 1. The lowest BCUT2D eigenvalue weighted by molar-refractivity contribution is -0.157. The van der Waals surface area contributed by atoms with Gasteiger partial charge in [-0.1, -0.05) is 11.6 Å². The van der Waals surface area contributed by atoms with Gasteiger partial charge >= 0.3 is 5.97 Å². The predicted octanol–water partition coefficient (Wildman–Crippen LogP) is 2.10. The normalized spacial score (nSPS) is 24.8. The van der Waals surface area contributed by atoms with Crippen molar-refractivity contribution in [2.75, 3.05) is 45.3 Å². The minimum Gasteiger partial charge on any atom is -0.495 e. The van der Waals surface area contributed by atoms with Crippen molar-refractivity contribution in [3.05, 3.63) is 23.2 Å². The summed E-state index contributed by atoms with van der Waals surface area (Å²) in [6.45, 7) is 1.93. The van der Waals surface area contributed by atoms with Crippen molar-refractivity contribution in [3.8, 4) is 5.75 Å². The summed E-state index contributed by atoms with van der Waals surface area (Å²) in [4.78, 5) is 26.0. The molecular weight excluding hydrogens is 360 g/mol. The Morgan fingerprint density at radius 2 is 2.31 bits per heavy atom. The van der Waals surface area contributed by atoms with Gasteiger partial charge in [-0.05, 0) is 24.6 Å². The van der Waals surface area contributed by atoms with E-state index in [1.54, 1.807) is 30.2 Å². The number of aliphatic carboxylic acids is 1. The maximum atomic E-state index is 12.6.